The molecular weight excluding hydrogens is 276 g/mol. The summed E-state index contributed by atoms with van der Waals surface area (Å²) in [6, 6.07) is 19.3. The van der Waals surface area contributed by atoms with Crippen molar-refractivity contribution in [2.75, 3.05) is 7.11 Å². The molecule has 0 saturated carbocycles. The van der Waals surface area contributed by atoms with Gasteiger partial charge in [0.2, 0.25) is 0 Å². The number of ether oxygens (including phenoxy) is 1. The fourth-order valence-electron chi connectivity index (χ4n) is 2.26. The molecule has 0 aromatic heterocycles. The summed E-state index contributed by atoms with van der Waals surface area (Å²) in [5.74, 6) is 0.566. The third kappa shape index (κ3) is 3.06. The quantitative estimate of drug-likeness (QED) is 0.700. The maximum atomic E-state index is 9.56. The van der Waals surface area contributed by atoms with E-state index in [9.17, 15) is 5.11 Å². The molecule has 3 aromatic rings. The molecule has 3 rings (SSSR count). The summed E-state index contributed by atoms with van der Waals surface area (Å²) in [5, 5.41) is 20.4. The van der Waals surface area contributed by atoms with Gasteiger partial charge in [0.15, 0.2) is 11.5 Å². The Morgan fingerprint density at radius 1 is 0.955 bits per heavy atom. The number of nitrogens with zero attached hydrogens (tertiary/aromatic N) is 2. The minimum atomic E-state index is 0.123. The molecule has 1 N–H and O–H groups in total. The Morgan fingerprint density at radius 2 is 1.77 bits per heavy atom. The molecule has 0 fully saturated rings. The van der Waals surface area contributed by atoms with Gasteiger partial charge in [0, 0.05) is 0 Å². The van der Waals surface area contributed by atoms with Crippen LogP contribution < -0.4 is 4.74 Å². The van der Waals surface area contributed by atoms with Crippen LogP contribution in [-0.4, -0.2) is 12.2 Å². The lowest BCUT2D eigenvalue weighted by Crippen LogP contribution is -1.86. The lowest BCUT2D eigenvalue weighted by Gasteiger charge is -2.04. The molecule has 110 valence electrons. The highest BCUT2D eigenvalue weighted by Gasteiger charge is 2.02. The van der Waals surface area contributed by atoms with Gasteiger partial charge in [-0.2, -0.15) is 10.2 Å². The number of rotatable bonds is 4. The Hall–Kier alpha value is -2.88. The normalized spacial score (nSPS) is 11.1. The van der Waals surface area contributed by atoms with Gasteiger partial charge in [-0.1, -0.05) is 36.4 Å². The molecule has 4 heteroatoms. The highest BCUT2D eigenvalue weighted by molar-refractivity contribution is 5.84. The molecular formula is C18H16N2O2. The van der Waals surface area contributed by atoms with E-state index in [0.29, 0.717) is 12.3 Å². The lowest BCUT2D eigenvalue weighted by atomic mass is 10.1. The van der Waals surface area contributed by atoms with E-state index in [4.69, 9.17) is 4.74 Å². The molecule has 0 atom stereocenters. The molecule has 22 heavy (non-hydrogen) atoms. The van der Waals surface area contributed by atoms with E-state index in [-0.39, 0.29) is 5.75 Å². The largest absolute Gasteiger partial charge is 0.504 e. The number of hydrogen-bond acceptors (Lipinski definition) is 4. The summed E-state index contributed by atoms with van der Waals surface area (Å²) < 4.78 is 5.08. The van der Waals surface area contributed by atoms with E-state index in [0.717, 1.165) is 16.6 Å². The third-order valence-electron chi connectivity index (χ3n) is 3.42. The monoisotopic (exact) mass is 292 g/mol. The SMILES string of the molecule is COc1cc(CN=Nc2ccc3ccccc3c2)ccc1O. The molecule has 3 aromatic carbocycles. The molecule has 0 amide bonds. The molecule has 0 aliphatic carbocycles. The van der Waals surface area contributed by atoms with Crippen molar-refractivity contribution in [2.45, 2.75) is 6.54 Å². The summed E-state index contributed by atoms with van der Waals surface area (Å²) in [4.78, 5) is 0. The van der Waals surface area contributed by atoms with Crippen LogP contribution in [0.2, 0.25) is 0 Å². The van der Waals surface area contributed by atoms with Crippen molar-refractivity contribution in [2.24, 2.45) is 10.2 Å². The predicted octanol–water partition coefficient (Wildman–Crippen LogP) is 4.84. The van der Waals surface area contributed by atoms with Crippen LogP contribution in [0.15, 0.2) is 70.9 Å². The van der Waals surface area contributed by atoms with Gasteiger partial charge in [-0.15, -0.1) is 0 Å². The van der Waals surface area contributed by atoms with E-state index in [1.165, 1.54) is 12.5 Å². The zero-order chi connectivity index (χ0) is 15.4. The minimum Gasteiger partial charge on any atom is -0.504 e. The highest BCUT2D eigenvalue weighted by atomic mass is 16.5. The second-order valence-electron chi connectivity index (χ2n) is 4.94. The molecule has 0 radical (unpaired) electrons. The first-order chi connectivity index (χ1) is 10.8. The van der Waals surface area contributed by atoms with Gasteiger partial charge < -0.3 is 9.84 Å². The van der Waals surface area contributed by atoms with Crippen LogP contribution in [0.4, 0.5) is 5.69 Å². The molecule has 0 bridgehead atoms. The second kappa shape index (κ2) is 6.26. The van der Waals surface area contributed by atoms with Crippen molar-refractivity contribution in [3.05, 3.63) is 66.2 Å². The van der Waals surface area contributed by atoms with Crippen molar-refractivity contribution in [3.63, 3.8) is 0 Å². The molecule has 0 aliphatic heterocycles. The first-order valence-electron chi connectivity index (χ1n) is 6.98. The van der Waals surface area contributed by atoms with Crippen molar-refractivity contribution in [1.29, 1.82) is 0 Å². The second-order valence-corrected chi connectivity index (χ2v) is 4.94. The summed E-state index contributed by atoms with van der Waals surface area (Å²) in [5.41, 5.74) is 1.75. The fraction of sp³-hybridized carbons (Fsp3) is 0.111. The molecule has 0 heterocycles. The number of phenols is 1. The van der Waals surface area contributed by atoms with Crippen molar-refractivity contribution in [1.82, 2.24) is 0 Å². The smallest absolute Gasteiger partial charge is 0.160 e. The van der Waals surface area contributed by atoms with Gasteiger partial charge in [-0.3, -0.25) is 0 Å². The Labute approximate surface area is 128 Å². The maximum Gasteiger partial charge on any atom is 0.160 e. The lowest BCUT2D eigenvalue weighted by molar-refractivity contribution is 0.373. The van der Waals surface area contributed by atoms with Crippen LogP contribution >= 0.6 is 0 Å². The van der Waals surface area contributed by atoms with Gasteiger partial charge in [0.1, 0.15) is 0 Å². The number of azo groups is 1. The topological polar surface area (TPSA) is 54.2 Å². The average Bonchev–Trinajstić information content (AvgIpc) is 2.56. The van der Waals surface area contributed by atoms with Crippen LogP contribution in [-0.2, 0) is 6.54 Å². The van der Waals surface area contributed by atoms with Gasteiger partial charge in [0.05, 0.1) is 19.3 Å². The predicted molar refractivity (Wildman–Crippen MR) is 86.8 cm³/mol. The van der Waals surface area contributed by atoms with Gasteiger partial charge in [0.25, 0.3) is 0 Å². The number of hydrogen-bond donors (Lipinski definition) is 1. The van der Waals surface area contributed by atoms with Gasteiger partial charge in [-0.25, -0.2) is 0 Å². The summed E-state index contributed by atoms with van der Waals surface area (Å²) in [6.07, 6.45) is 0. The third-order valence-corrected chi connectivity index (χ3v) is 3.42. The zero-order valence-corrected chi connectivity index (χ0v) is 12.2. The Morgan fingerprint density at radius 3 is 2.59 bits per heavy atom. The molecule has 4 nitrogen and oxygen atoms in total. The van der Waals surface area contributed by atoms with Crippen molar-refractivity contribution >= 4 is 16.5 Å². The Balaban J connectivity index is 1.75. The van der Waals surface area contributed by atoms with Crippen molar-refractivity contribution in [3.8, 4) is 11.5 Å². The van der Waals surface area contributed by atoms with Crippen LogP contribution in [0.5, 0.6) is 11.5 Å². The van der Waals surface area contributed by atoms with Crippen molar-refractivity contribution < 1.29 is 9.84 Å². The average molecular weight is 292 g/mol. The summed E-state index contributed by atoms with van der Waals surface area (Å²) in [6.45, 7) is 0.434. The standard InChI is InChI=1S/C18H16N2O2/c1-22-18-10-13(6-9-17(18)21)12-19-20-16-8-7-14-4-2-3-5-15(14)11-16/h2-11,21H,12H2,1H3. The summed E-state index contributed by atoms with van der Waals surface area (Å²) >= 11 is 0. The number of methoxy groups -OCH3 is 1. The minimum absolute atomic E-state index is 0.123. The van der Waals surface area contributed by atoms with Crippen LogP contribution in [0.3, 0.4) is 0 Å². The van der Waals surface area contributed by atoms with Gasteiger partial charge in [-0.05, 0) is 40.6 Å². The molecule has 0 saturated heterocycles. The van der Waals surface area contributed by atoms with Crippen LogP contribution in [0.25, 0.3) is 10.8 Å². The van der Waals surface area contributed by atoms with Crippen LogP contribution in [0.1, 0.15) is 5.56 Å². The van der Waals surface area contributed by atoms with Crippen LogP contribution in [0, 0.1) is 0 Å². The van der Waals surface area contributed by atoms with Gasteiger partial charge >= 0.3 is 0 Å². The molecule has 0 aliphatic rings. The van der Waals surface area contributed by atoms with E-state index < -0.39 is 0 Å². The first kappa shape index (κ1) is 14.1. The summed E-state index contributed by atoms with van der Waals surface area (Å²) in [7, 11) is 1.52. The highest BCUT2D eigenvalue weighted by Crippen LogP contribution is 2.27. The van der Waals surface area contributed by atoms with E-state index >= 15 is 0 Å². The Kier molecular flexibility index (Phi) is 4.01. The fourth-order valence-corrected chi connectivity index (χ4v) is 2.26. The number of phenolic OH excluding ortho intramolecular Hbond substituents is 1. The number of fused-ring (bicyclic) bond motifs is 1. The first-order valence-corrected chi connectivity index (χ1v) is 6.98. The van der Waals surface area contributed by atoms with E-state index in [1.807, 2.05) is 30.3 Å². The molecule has 0 unspecified atom stereocenters. The maximum absolute atomic E-state index is 9.56. The number of benzene rings is 3. The van der Waals surface area contributed by atoms with E-state index in [1.54, 1.807) is 18.2 Å². The zero-order valence-electron chi connectivity index (χ0n) is 12.2. The Bertz CT molecular complexity index is 828. The molecule has 0 spiro atoms. The van der Waals surface area contributed by atoms with E-state index in [2.05, 4.69) is 22.4 Å². The number of aromatic hydroxyl groups is 1.